The number of unbranched alkanes of at least 4 members (excludes halogenated alkanes) is 1. The second-order valence-corrected chi connectivity index (χ2v) is 4.75. The molecule has 0 fully saturated rings. The number of allylic oxidation sites excluding steroid dienone is 1. The van der Waals surface area contributed by atoms with Crippen LogP contribution in [0.25, 0.3) is 5.57 Å². The summed E-state index contributed by atoms with van der Waals surface area (Å²) >= 11 is 0. The molecule has 0 aliphatic rings. The van der Waals surface area contributed by atoms with Gasteiger partial charge < -0.3 is 0 Å². The number of hydrogen-bond donors (Lipinski definition) is 0. The number of Topliss-reactive ketones (excluding diaryl/α,β-unsaturated/α-hetero) is 1. The van der Waals surface area contributed by atoms with Crippen LogP contribution >= 0.6 is 0 Å². The maximum Gasteiger partial charge on any atom is 0.134 e. The van der Waals surface area contributed by atoms with E-state index in [0.29, 0.717) is 6.42 Å². The van der Waals surface area contributed by atoms with Gasteiger partial charge in [0.25, 0.3) is 0 Å². The number of aryl methyl sites for hydroxylation is 1. The number of rotatable bonds is 6. The Hall–Kier alpha value is -1.37. The van der Waals surface area contributed by atoms with E-state index < -0.39 is 0 Å². The van der Waals surface area contributed by atoms with Crippen LogP contribution < -0.4 is 0 Å². The Balaban J connectivity index is 3.00. The van der Waals surface area contributed by atoms with Crippen molar-refractivity contribution in [2.75, 3.05) is 0 Å². The third-order valence-electron chi connectivity index (χ3n) is 2.88. The van der Waals surface area contributed by atoms with Crippen molar-refractivity contribution >= 4 is 11.4 Å². The molecular formula is C16H22O. The maximum absolute atomic E-state index is 11.1. The average molecular weight is 230 g/mol. The van der Waals surface area contributed by atoms with E-state index in [9.17, 15) is 4.79 Å². The van der Waals surface area contributed by atoms with Crippen LogP contribution in [0.3, 0.4) is 0 Å². The number of hydrogen-bond acceptors (Lipinski definition) is 1. The molecule has 0 amide bonds. The van der Waals surface area contributed by atoms with Gasteiger partial charge in [0.1, 0.15) is 5.78 Å². The standard InChI is InChI=1S/C16H22O/c1-5-6-7-15-11-14(10-13(4)17)8-9-16(15)12(2)3/h8-9,11H,2,5-7,10H2,1,3-4H3. The first-order valence-electron chi connectivity index (χ1n) is 6.31. The molecular weight excluding hydrogens is 208 g/mol. The van der Waals surface area contributed by atoms with Crippen LogP contribution in [0.4, 0.5) is 0 Å². The van der Waals surface area contributed by atoms with Crippen molar-refractivity contribution in [3.8, 4) is 0 Å². The quantitative estimate of drug-likeness (QED) is 0.716. The van der Waals surface area contributed by atoms with Crippen molar-refractivity contribution in [1.82, 2.24) is 0 Å². The van der Waals surface area contributed by atoms with Crippen LogP contribution in [-0.2, 0) is 17.6 Å². The summed E-state index contributed by atoms with van der Waals surface area (Å²) in [4.78, 5) is 11.1. The Kier molecular flexibility index (Phi) is 5.14. The lowest BCUT2D eigenvalue weighted by atomic mass is 9.94. The van der Waals surface area contributed by atoms with Crippen molar-refractivity contribution in [2.24, 2.45) is 0 Å². The van der Waals surface area contributed by atoms with E-state index >= 15 is 0 Å². The minimum Gasteiger partial charge on any atom is -0.300 e. The minimum absolute atomic E-state index is 0.217. The van der Waals surface area contributed by atoms with Gasteiger partial charge in [-0.3, -0.25) is 4.79 Å². The van der Waals surface area contributed by atoms with E-state index in [0.717, 1.165) is 17.6 Å². The predicted octanol–water partition coefficient (Wildman–Crippen LogP) is 4.19. The number of carbonyl (C=O) groups is 1. The molecule has 0 saturated carbocycles. The zero-order chi connectivity index (χ0) is 12.8. The zero-order valence-electron chi connectivity index (χ0n) is 11.2. The summed E-state index contributed by atoms with van der Waals surface area (Å²) in [6, 6.07) is 6.31. The molecule has 1 rings (SSSR count). The normalized spacial score (nSPS) is 10.3. The Labute approximate surface area is 105 Å². The number of ketones is 1. The maximum atomic E-state index is 11.1. The molecule has 1 aromatic rings. The topological polar surface area (TPSA) is 17.1 Å². The summed E-state index contributed by atoms with van der Waals surface area (Å²) in [5.74, 6) is 0.217. The monoisotopic (exact) mass is 230 g/mol. The highest BCUT2D eigenvalue weighted by Crippen LogP contribution is 2.21. The van der Waals surface area contributed by atoms with Crippen LogP contribution in [0, 0.1) is 0 Å². The second-order valence-electron chi connectivity index (χ2n) is 4.75. The van der Waals surface area contributed by atoms with Crippen molar-refractivity contribution < 1.29 is 4.79 Å². The molecule has 0 aliphatic heterocycles. The molecule has 1 aromatic carbocycles. The molecule has 0 spiro atoms. The first kappa shape index (κ1) is 13.7. The smallest absolute Gasteiger partial charge is 0.134 e. The van der Waals surface area contributed by atoms with Gasteiger partial charge in [-0.15, -0.1) is 0 Å². The molecule has 0 radical (unpaired) electrons. The average Bonchev–Trinajstić information content (AvgIpc) is 2.25. The second kappa shape index (κ2) is 6.39. The van der Waals surface area contributed by atoms with E-state index in [1.54, 1.807) is 6.92 Å². The minimum atomic E-state index is 0.217. The Morgan fingerprint density at radius 2 is 2.00 bits per heavy atom. The van der Waals surface area contributed by atoms with Gasteiger partial charge in [0, 0.05) is 6.42 Å². The van der Waals surface area contributed by atoms with Gasteiger partial charge in [-0.1, -0.05) is 43.7 Å². The van der Waals surface area contributed by atoms with E-state index in [-0.39, 0.29) is 5.78 Å². The van der Waals surface area contributed by atoms with Gasteiger partial charge in [0.2, 0.25) is 0 Å². The summed E-state index contributed by atoms with van der Waals surface area (Å²) in [5, 5.41) is 0. The molecule has 0 unspecified atom stereocenters. The zero-order valence-corrected chi connectivity index (χ0v) is 11.2. The lowest BCUT2D eigenvalue weighted by molar-refractivity contribution is -0.116. The van der Waals surface area contributed by atoms with Crippen molar-refractivity contribution in [2.45, 2.75) is 46.5 Å². The summed E-state index contributed by atoms with van der Waals surface area (Å²) in [5.41, 5.74) is 4.79. The molecule has 0 bridgehead atoms. The van der Waals surface area contributed by atoms with Gasteiger partial charge >= 0.3 is 0 Å². The van der Waals surface area contributed by atoms with E-state index in [4.69, 9.17) is 0 Å². The highest BCUT2D eigenvalue weighted by Gasteiger charge is 2.06. The van der Waals surface area contributed by atoms with Gasteiger partial charge in [-0.25, -0.2) is 0 Å². The molecule has 0 N–H and O–H groups in total. The van der Waals surface area contributed by atoms with Gasteiger partial charge in [-0.2, -0.15) is 0 Å². The lowest BCUT2D eigenvalue weighted by Crippen LogP contribution is -1.99. The highest BCUT2D eigenvalue weighted by molar-refractivity contribution is 5.78. The molecule has 0 aliphatic carbocycles. The van der Waals surface area contributed by atoms with Gasteiger partial charge in [-0.05, 0) is 43.4 Å². The van der Waals surface area contributed by atoms with Crippen LogP contribution in [0.2, 0.25) is 0 Å². The fourth-order valence-electron chi connectivity index (χ4n) is 2.03. The Morgan fingerprint density at radius 3 is 2.53 bits per heavy atom. The van der Waals surface area contributed by atoms with Crippen LogP contribution in [0.15, 0.2) is 24.8 Å². The van der Waals surface area contributed by atoms with Crippen LogP contribution in [0.1, 0.15) is 50.3 Å². The van der Waals surface area contributed by atoms with E-state index in [2.05, 4.69) is 25.6 Å². The molecule has 0 heterocycles. The van der Waals surface area contributed by atoms with E-state index in [1.165, 1.54) is 24.0 Å². The number of carbonyl (C=O) groups excluding carboxylic acids is 1. The third-order valence-corrected chi connectivity index (χ3v) is 2.88. The Morgan fingerprint density at radius 1 is 1.29 bits per heavy atom. The fourth-order valence-corrected chi connectivity index (χ4v) is 2.03. The predicted molar refractivity (Wildman–Crippen MR) is 74.1 cm³/mol. The third kappa shape index (κ3) is 4.18. The van der Waals surface area contributed by atoms with Crippen molar-refractivity contribution in [3.05, 3.63) is 41.5 Å². The largest absolute Gasteiger partial charge is 0.300 e. The molecule has 0 atom stereocenters. The fraction of sp³-hybridized carbons (Fsp3) is 0.438. The van der Waals surface area contributed by atoms with Gasteiger partial charge in [0.05, 0.1) is 0 Å². The summed E-state index contributed by atoms with van der Waals surface area (Å²) < 4.78 is 0. The van der Waals surface area contributed by atoms with Crippen LogP contribution in [-0.4, -0.2) is 5.78 Å². The molecule has 17 heavy (non-hydrogen) atoms. The Bertz CT molecular complexity index is 416. The molecule has 0 aromatic heterocycles. The number of benzene rings is 1. The van der Waals surface area contributed by atoms with Crippen molar-refractivity contribution in [3.63, 3.8) is 0 Å². The van der Waals surface area contributed by atoms with Crippen molar-refractivity contribution in [1.29, 1.82) is 0 Å². The SMILES string of the molecule is C=C(C)c1ccc(CC(C)=O)cc1CCCC. The van der Waals surface area contributed by atoms with Crippen LogP contribution in [0.5, 0.6) is 0 Å². The summed E-state index contributed by atoms with van der Waals surface area (Å²) in [6.07, 6.45) is 3.98. The van der Waals surface area contributed by atoms with E-state index in [1.807, 2.05) is 13.0 Å². The molecule has 0 saturated heterocycles. The first-order valence-corrected chi connectivity index (χ1v) is 6.31. The summed E-state index contributed by atoms with van der Waals surface area (Å²) in [7, 11) is 0. The highest BCUT2D eigenvalue weighted by atomic mass is 16.1. The molecule has 92 valence electrons. The molecule has 1 heteroatoms. The lowest BCUT2D eigenvalue weighted by Gasteiger charge is -2.11. The first-order chi connectivity index (χ1) is 8.04. The van der Waals surface area contributed by atoms with Gasteiger partial charge in [0.15, 0.2) is 0 Å². The summed E-state index contributed by atoms with van der Waals surface area (Å²) in [6.45, 7) is 9.89. The molecule has 1 nitrogen and oxygen atoms in total.